The first kappa shape index (κ1) is 20.5. The monoisotopic (exact) mass is 475 g/mol. The molecule has 3 rings (SSSR count). The number of guanidine groups is 1. The van der Waals surface area contributed by atoms with E-state index in [0.717, 1.165) is 37.6 Å². The molecular formula is C16H26IN7O2. The van der Waals surface area contributed by atoms with Crippen molar-refractivity contribution < 1.29 is 9.59 Å². The zero-order chi connectivity index (χ0) is 18.0. The number of carbonyl (C=O) groups is 2. The van der Waals surface area contributed by atoms with Gasteiger partial charge in [0.1, 0.15) is 5.54 Å². The van der Waals surface area contributed by atoms with E-state index in [-0.39, 0.29) is 35.8 Å². The van der Waals surface area contributed by atoms with Gasteiger partial charge in [-0.15, -0.1) is 24.0 Å². The number of hydrogen-bond acceptors (Lipinski definition) is 4. The van der Waals surface area contributed by atoms with Gasteiger partial charge in [-0.25, -0.2) is 4.79 Å². The SMILES string of the molecule is CN=C(NCc1ccnn1C)N1CCC(C2(C)NC(=O)NC2=O)CC1.I. The second-order valence-corrected chi connectivity index (χ2v) is 6.72. The molecule has 9 nitrogen and oxygen atoms in total. The number of nitrogens with zero attached hydrogens (tertiary/aromatic N) is 4. The number of aliphatic imine (C=N–C) groups is 1. The van der Waals surface area contributed by atoms with Gasteiger partial charge in [-0.1, -0.05) is 0 Å². The molecule has 1 aromatic rings. The standard InChI is InChI=1S/C16H25N7O2.HI/c1-16(13(24)20-15(25)21-16)11-5-8-23(9-6-11)14(17-2)18-10-12-4-7-19-22(12)3;/h4,7,11H,5-6,8-10H2,1-3H3,(H,17,18)(H2,20,21,24,25);1H. The van der Waals surface area contributed by atoms with Gasteiger partial charge in [-0.2, -0.15) is 5.10 Å². The highest BCUT2D eigenvalue weighted by molar-refractivity contribution is 14.0. The first-order chi connectivity index (χ1) is 11.9. The van der Waals surface area contributed by atoms with Gasteiger partial charge in [0.15, 0.2) is 5.96 Å². The lowest BCUT2D eigenvalue weighted by atomic mass is 9.79. The van der Waals surface area contributed by atoms with Crippen LogP contribution in [-0.4, -0.2) is 58.3 Å². The minimum Gasteiger partial charge on any atom is -0.351 e. The van der Waals surface area contributed by atoms with Crippen LogP contribution in [0.5, 0.6) is 0 Å². The Morgan fingerprint density at radius 3 is 2.62 bits per heavy atom. The molecule has 2 fully saturated rings. The molecular weight excluding hydrogens is 449 g/mol. The van der Waals surface area contributed by atoms with Gasteiger partial charge in [0.05, 0.1) is 12.2 Å². The van der Waals surface area contributed by atoms with E-state index in [1.807, 2.05) is 24.7 Å². The fourth-order valence-electron chi connectivity index (χ4n) is 3.59. The average molecular weight is 475 g/mol. The van der Waals surface area contributed by atoms with E-state index in [1.165, 1.54) is 0 Å². The lowest BCUT2D eigenvalue weighted by Crippen LogP contribution is -2.55. The Kier molecular flexibility index (Phi) is 6.48. The van der Waals surface area contributed by atoms with E-state index < -0.39 is 11.6 Å². The molecule has 1 atom stereocenters. The molecule has 2 aliphatic rings. The summed E-state index contributed by atoms with van der Waals surface area (Å²) in [5, 5.41) is 12.6. The predicted octanol–water partition coefficient (Wildman–Crippen LogP) is 0.424. The third kappa shape index (κ3) is 3.94. The van der Waals surface area contributed by atoms with Gasteiger partial charge in [-0.05, 0) is 31.7 Å². The van der Waals surface area contributed by atoms with Crippen LogP contribution in [0, 0.1) is 5.92 Å². The quantitative estimate of drug-likeness (QED) is 0.255. The van der Waals surface area contributed by atoms with E-state index >= 15 is 0 Å². The molecule has 0 spiro atoms. The number of carbonyl (C=O) groups excluding carboxylic acids is 2. The third-order valence-electron chi connectivity index (χ3n) is 5.24. The Hall–Kier alpha value is -1.85. The molecule has 1 aromatic heterocycles. The van der Waals surface area contributed by atoms with Gasteiger partial charge in [0, 0.05) is 33.4 Å². The number of aromatic nitrogens is 2. The lowest BCUT2D eigenvalue weighted by molar-refractivity contribution is -0.125. The van der Waals surface area contributed by atoms with Crippen LogP contribution in [0.4, 0.5) is 4.79 Å². The lowest BCUT2D eigenvalue weighted by Gasteiger charge is -2.39. The first-order valence-electron chi connectivity index (χ1n) is 8.50. The molecule has 10 heteroatoms. The van der Waals surface area contributed by atoms with E-state index in [1.54, 1.807) is 13.2 Å². The minimum atomic E-state index is -0.811. The van der Waals surface area contributed by atoms with Crippen LogP contribution < -0.4 is 16.0 Å². The Morgan fingerprint density at radius 2 is 2.12 bits per heavy atom. The van der Waals surface area contributed by atoms with Crippen molar-refractivity contribution in [3.8, 4) is 0 Å². The van der Waals surface area contributed by atoms with Crippen molar-refractivity contribution in [1.29, 1.82) is 0 Å². The molecule has 26 heavy (non-hydrogen) atoms. The molecule has 3 N–H and O–H groups in total. The fourth-order valence-corrected chi connectivity index (χ4v) is 3.59. The predicted molar refractivity (Wildman–Crippen MR) is 108 cm³/mol. The molecule has 0 saturated carbocycles. The molecule has 3 amide bonds. The number of rotatable bonds is 3. The van der Waals surface area contributed by atoms with Crippen molar-refractivity contribution in [1.82, 2.24) is 30.6 Å². The summed E-state index contributed by atoms with van der Waals surface area (Å²) in [6, 6.07) is 1.57. The Bertz CT molecular complexity index is 697. The summed E-state index contributed by atoms with van der Waals surface area (Å²) in [7, 11) is 3.68. The van der Waals surface area contributed by atoms with E-state index in [9.17, 15) is 9.59 Å². The van der Waals surface area contributed by atoms with Crippen molar-refractivity contribution in [3.05, 3.63) is 18.0 Å². The van der Waals surface area contributed by atoms with Gasteiger partial charge < -0.3 is 15.5 Å². The molecule has 2 aliphatic heterocycles. The van der Waals surface area contributed by atoms with E-state index in [0.29, 0.717) is 6.54 Å². The summed E-state index contributed by atoms with van der Waals surface area (Å²) in [5.41, 5.74) is 0.267. The van der Waals surface area contributed by atoms with Crippen LogP contribution in [0.2, 0.25) is 0 Å². The largest absolute Gasteiger partial charge is 0.351 e. The number of likely N-dealkylation sites (tertiary alicyclic amines) is 1. The highest BCUT2D eigenvalue weighted by atomic mass is 127. The summed E-state index contributed by atoms with van der Waals surface area (Å²) in [6.07, 6.45) is 3.40. The van der Waals surface area contributed by atoms with Crippen LogP contribution in [0.3, 0.4) is 0 Å². The average Bonchev–Trinajstić information content (AvgIpc) is 3.12. The summed E-state index contributed by atoms with van der Waals surface area (Å²) in [5.74, 6) is 0.727. The van der Waals surface area contributed by atoms with Crippen molar-refractivity contribution in [2.45, 2.75) is 31.8 Å². The number of aryl methyl sites for hydroxylation is 1. The number of piperidine rings is 1. The van der Waals surface area contributed by atoms with Crippen LogP contribution in [-0.2, 0) is 18.4 Å². The molecule has 3 heterocycles. The van der Waals surface area contributed by atoms with Crippen LogP contribution in [0.1, 0.15) is 25.5 Å². The van der Waals surface area contributed by atoms with Crippen molar-refractivity contribution in [3.63, 3.8) is 0 Å². The number of amides is 3. The zero-order valence-electron chi connectivity index (χ0n) is 15.3. The molecule has 2 saturated heterocycles. The van der Waals surface area contributed by atoms with Gasteiger partial charge in [0.2, 0.25) is 0 Å². The molecule has 144 valence electrons. The minimum absolute atomic E-state index is 0. The maximum Gasteiger partial charge on any atom is 0.322 e. The second-order valence-electron chi connectivity index (χ2n) is 6.72. The highest BCUT2D eigenvalue weighted by Gasteiger charge is 2.48. The molecule has 0 aromatic carbocycles. The molecule has 1 unspecified atom stereocenters. The van der Waals surface area contributed by atoms with Crippen molar-refractivity contribution >= 4 is 41.9 Å². The van der Waals surface area contributed by atoms with Crippen LogP contribution in [0.15, 0.2) is 17.3 Å². The number of nitrogens with one attached hydrogen (secondary N) is 3. The van der Waals surface area contributed by atoms with Gasteiger partial charge >= 0.3 is 6.03 Å². The smallest absolute Gasteiger partial charge is 0.322 e. The Labute approximate surface area is 170 Å². The maximum atomic E-state index is 12.1. The first-order valence-corrected chi connectivity index (χ1v) is 8.50. The highest BCUT2D eigenvalue weighted by Crippen LogP contribution is 2.30. The van der Waals surface area contributed by atoms with Gasteiger partial charge in [0.25, 0.3) is 5.91 Å². The number of halogens is 1. The fraction of sp³-hybridized carbons (Fsp3) is 0.625. The summed E-state index contributed by atoms with van der Waals surface area (Å²) in [4.78, 5) is 30.1. The van der Waals surface area contributed by atoms with Gasteiger partial charge in [-0.3, -0.25) is 19.8 Å². The van der Waals surface area contributed by atoms with Crippen molar-refractivity contribution in [2.75, 3.05) is 20.1 Å². The van der Waals surface area contributed by atoms with E-state index in [4.69, 9.17) is 0 Å². The maximum absolute atomic E-state index is 12.1. The van der Waals surface area contributed by atoms with E-state index in [2.05, 4.69) is 30.9 Å². The normalized spacial score (nSPS) is 24.1. The third-order valence-corrected chi connectivity index (χ3v) is 5.24. The molecule has 0 bridgehead atoms. The van der Waals surface area contributed by atoms with Crippen molar-refractivity contribution in [2.24, 2.45) is 18.0 Å². The number of imide groups is 1. The van der Waals surface area contributed by atoms with Crippen LogP contribution in [0.25, 0.3) is 0 Å². The number of urea groups is 1. The molecule has 0 aliphatic carbocycles. The second kappa shape index (κ2) is 8.23. The molecule has 0 radical (unpaired) electrons. The Balaban J connectivity index is 0.00000243. The zero-order valence-corrected chi connectivity index (χ0v) is 17.6. The summed E-state index contributed by atoms with van der Waals surface area (Å²) < 4.78 is 1.83. The number of hydrogen-bond donors (Lipinski definition) is 3. The summed E-state index contributed by atoms with van der Waals surface area (Å²) in [6.45, 7) is 4.03. The topological polar surface area (TPSA) is 104 Å². The summed E-state index contributed by atoms with van der Waals surface area (Å²) >= 11 is 0. The Morgan fingerprint density at radius 1 is 1.42 bits per heavy atom. The van der Waals surface area contributed by atoms with Crippen LogP contribution >= 0.6 is 24.0 Å².